The van der Waals surface area contributed by atoms with Crippen LogP contribution < -0.4 is 23.7 Å². The number of halogens is 1. The molecule has 0 amide bonds. The zero-order chi connectivity index (χ0) is 42.7. The molecule has 17 heteroatoms. The highest BCUT2D eigenvalue weighted by Crippen LogP contribution is 2.43. The molecule has 2 atom stereocenters. The van der Waals surface area contributed by atoms with Crippen molar-refractivity contribution >= 4 is 49.2 Å². The standard InChI is InChI=1S/C44H37ClN4O10S2/c1-25-8-11-31(12-9-25)61(52,53)57-22-30-21-55-29-10-14-35(56-20-28-16-17-46-41(49-28)33-6-4-5-7-36(33)54-3)27(18-29)19-38(44(50)51)59-42-39-34(23-60-43(39)48-24-47-42)32-13-15-37(58-30)40(45)26(32)2/h4-18,23-24,30,38H,19-22H2,1-3H3,(H,50,51)/t30-,38-/m1/s1. The molecule has 14 nitrogen and oxygen atoms in total. The molecule has 4 bridgehead atoms. The molecule has 7 aromatic rings. The highest BCUT2D eigenvalue weighted by Gasteiger charge is 2.28. The van der Waals surface area contributed by atoms with E-state index in [2.05, 4.69) is 15.0 Å². The van der Waals surface area contributed by atoms with E-state index < -0.39 is 34.9 Å². The second kappa shape index (κ2) is 17.7. The number of aryl methyl sites for hydroxylation is 1. The van der Waals surface area contributed by atoms with E-state index in [0.29, 0.717) is 66.8 Å². The number of hydrogen-bond acceptors (Lipinski definition) is 14. The van der Waals surface area contributed by atoms with Crippen LogP contribution in [0, 0.1) is 13.8 Å². The summed E-state index contributed by atoms with van der Waals surface area (Å²) in [6.07, 6.45) is 0.319. The maximum atomic E-state index is 13.3. The van der Waals surface area contributed by atoms with Gasteiger partial charge in [-0.1, -0.05) is 47.5 Å². The van der Waals surface area contributed by atoms with Crippen LogP contribution in [0.25, 0.3) is 32.7 Å². The van der Waals surface area contributed by atoms with E-state index in [-0.39, 0.29) is 41.2 Å². The van der Waals surface area contributed by atoms with E-state index in [9.17, 15) is 18.3 Å². The molecular formula is C44H37ClN4O10S2. The van der Waals surface area contributed by atoms with Crippen LogP contribution in [0.1, 0.15) is 22.4 Å². The summed E-state index contributed by atoms with van der Waals surface area (Å²) in [5, 5.41) is 13.2. The number of methoxy groups -OCH3 is 1. The van der Waals surface area contributed by atoms with Crippen LogP contribution >= 0.6 is 22.9 Å². The van der Waals surface area contributed by atoms with Crippen LogP contribution in [0.5, 0.6) is 28.9 Å². The minimum Gasteiger partial charge on any atom is -0.496 e. The van der Waals surface area contributed by atoms with Gasteiger partial charge in [-0.05, 0) is 79.6 Å². The second-order valence-corrected chi connectivity index (χ2v) is 16.8. The van der Waals surface area contributed by atoms with Gasteiger partial charge in [0.05, 0.1) is 33.7 Å². The van der Waals surface area contributed by atoms with Gasteiger partial charge < -0.3 is 28.8 Å². The van der Waals surface area contributed by atoms with E-state index in [0.717, 1.165) is 5.56 Å². The summed E-state index contributed by atoms with van der Waals surface area (Å²) in [5.74, 6) is 0.765. The fourth-order valence-corrected chi connectivity index (χ4v) is 8.69. The third-order valence-electron chi connectivity index (χ3n) is 9.83. The lowest BCUT2D eigenvalue weighted by molar-refractivity contribution is -0.145. The van der Waals surface area contributed by atoms with E-state index in [1.54, 1.807) is 61.8 Å². The zero-order valence-corrected chi connectivity index (χ0v) is 35.3. The molecule has 2 aliphatic rings. The summed E-state index contributed by atoms with van der Waals surface area (Å²) in [7, 11) is -2.61. The molecule has 61 heavy (non-hydrogen) atoms. The first kappa shape index (κ1) is 41.4. The Morgan fingerprint density at radius 2 is 1.75 bits per heavy atom. The molecule has 0 spiro atoms. The summed E-state index contributed by atoms with van der Waals surface area (Å²) in [4.78, 5) is 31.5. The highest BCUT2D eigenvalue weighted by molar-refractivity contribution is 7.86. The first-order valence-electron chi connectivity index (χ1n) is 18.8. The van der Waals surface area contributed by atoms with Crippen LogP contribution in [-0.2, 0) is 32.1 Å². The molecule has 0 saturated carbocycles. The van der Waals surface area contributed by atoms with Gasteiger partial charge in [0.15, 0.2) is 11.9 Å². The van der Waals surface area contributed by atoms with Crippen molar-refractivity contribution in [2.75, 3.05) is 20.3 Å². The molecule has 5 heterocycles. The van der Waals surface area contributed by atoms with Crippen molar-refractivity contribution in [3.63, 3.8) is 0 Å². The molecule has 1 N–H and O–H groups in total. The van der Waals surface area contributed by atoms with Crippen LogP contribution in [0.2, 0.25) is 5.02 Å². The number of fused-ring (bicyclic) bond motifs is 7. The number of aliphatic carboxylic acids is 1. The Morgan fingerprint density at radius 1 is 0.934 bits per heavy atom. The maximum absolute atomic E-state index is 13.3. The van der Waals surface area contributed by atoms with Gasteiger partial charge in [-0.25, -0.2) is 24.7 Å². The molecule has 3 aromatic heterocycles. The number of para-hydroxylation sites is 1. The molecular weight excluding hydrogens is 844 g/mol. The number of carboxylic acid groups (broad SMARTS) is 1. The van der Waals surface area contributed by atoms with Crippen LogP contribution in [-0.4, -0.2) is 72.0 Å². The predicted octanol–water partition coefficient (Wildman–Crippen LogP) is 8.29. The lowest BCUT2D eigenvalue weighted by Gasteiger charge is -2.22. The minimum absolute atomic E-state index is 0.00130. The molecule has 0 fully saturated rings. The lowest BCUT2D eigenvalue weighted by Crippen LogP contribution is -2.31. The van der Waals surface area contributed by atoms with E-state index in [1.165, 1.54) is 29.8 Å². The van der Waals surface area contributed by atoms with Gasteiger partial charge in [0.2, 0.25) is 12.0 Å². The number of rotatable bonds is 10. The van der Waals surface area contributed by atoms with Crippen molar-refractivity contribution in [3.8, 4) is 51.4 Å². The molecule has 2 aliphatic heterocycles. The Kier molecular flexibility index (Phi) is 12.0. The smallest absolute Gasteiger partial charge is 0.345 e. The average Bonchev–Trinajstić information content (AvgIpc) is 3.70. The van der Waals surface area contributed by atoms with Gasteiger partial charge in [-0.2, -0.15) is 8.42 Å². The second-order valence-electron chi connectivity index (χ2n) is 13.9. The largest absolute Gasteiger partial charge is 0.496 e. The number of ether oxygens (including phenoxy) is 5. The van der Waals surface area contributed by atoms with Gasteiger partial charge in [-0.3, -0.25) is 4.18 Å². The molecule has 0 radical (unpaired) electrons. The molecule has 312 valence electrons. The topological polar surface area (TPSA) is 178 Å². The number of carboxylic acids is 1. The number of carbonyl (C=O) groups is 1. The Labute approximate surface area is 359 Å². The van der Waals surface area contributed by atoms with Crippen LogP contribution in [0.15, 0.2) is 108 Å². The first-order chi connectivity index (χ1) is 29.5. The highest BCUT2D eigenvalue weighted by atomic mass is 35.5. The average molecular weight is 881 g/mol. The van der Waals surface area contributed by atoms with Gasteiger partial charge >= 0.3 is 5.97 Å². The Morgan fingerprint density at radius 3 is 2.56 bits per heavy atom. The van der Waals surface area contributed by atoms with Crippen molar-refractivity contribution in [3.05, 3.63) is 130 Å². The van der Waals surface area contributed by atoms with Crippen molar-refractivity contribution in [1.29, 1.82) is 0 Å². The van der Waals surface area contributed by atoms with Crippen molar-refractivity contribution < 1.29 is 46.2 Å². The number of nitrogens with zero attached hydrogens (tertiary/aromatic N) is 4. The quantitative estimate of drug-likeness (QED) is 0.130. The summed E-state index contributed by atoms with van der Waals surface area (Å²) in [6, 6.07) is 23.8. The zero-order valence-electron chi connectivity index (χ0n) is 32.9. The number of aromatic nitrogens is 4. The molecule has 0 saturated heterocycles. The third-order valence-corrected chi connectivity index (χ3v) is 12.5. The van der Waals surface area contributed by atoms with Crippen LogP contribution in [0.3, 0.4) is 0 Å². The van der Waals surface area contributed by atoms with Gasteiger partial charge in [0.25, 0.3) is 10.1 Å². The monoisotopic (exact) mass is 880 g/mol. The Balaban J connectivity index is 1.16. The number of benzene rings is 4. The molecule has 0 unspecified atom stereocenters. The Hall–Kier alpha value is -6.33. The van der Waals surface area contributed by atoms with Gasteiger partial charge in [0.1, 0.15) is 54.0 Å². The normalized spacial score (nSPS) is 15.3. The fraction of sp³-hybridized carbons (Fsp3) is 0.205. The molecule has 4 aromatic carbocycles. The molecule has 9 rings (SSSR count). The summed E-state index contributed by atoms with van der Waals surface area (Å²) >= 11 is 8.30. The van der Waals surface area contributed by atoms with Crippen molar-refractivity contribution in [1.82, 2.24) is 19.9 Å². The van der Waals surface area contributed by atoms with E-state index >= 15 is 0 Å². The third kappa shape index (κ3) is 9.07. The fourth-order valence-electron chi connectivity index (χ4n) is 6.65. The van der Waals surface area contributed by atoms with Gasteiger partial charge in [0, 0.05) is 29.1 Å². The first-order valence-corrected chi connectivity index (χ1v) is 21.5. The van der Waals surface area contributed by atoms with Gasteiger partial charge in [-0.15, -0.1) is 11.3 Å². The van der Waals surface area contributed by atoms with Crippen molar-refractivity contribution in [2.45, 2.75) is 44.0 Å². The Bertz CT molecular complexity index is 2860. The van der Waals surface area contributed by atoms with E-state index in [1.807, 2.05) is 43.5 Å². The SMILES string of the molecule is COc1ccccc1-c1nccc(COc2ccc3cc2C[C@H](C(=O)O)Oc2ncnc4scc(c24)-c2ccc(c(Cl)c2C)O[C@@H](COS(=O)(=O)c2ccc(C)cc2)CO3)n1. The molecule has 0 aliphatic carbocycles. The van der Waals surface area contributed by atoms with Crippen LogP contribution in [0.4, 0.5) is 0 Å². The summed E-state index contributed by atoms with van der Waals surface area (Å²) in [6.45, 7) is 3.04. The number of hydrogen-bond donors (Lipinski definition) is 1. The minimum atomic E-state index is -4.18. The maximum Gasteiger partial charge on any atom is 0.345 e. The lowest BCUT2D eigenvalue weighted by atomic mass is 10.0. The van der Waals surface area contributed by atoms with E-state index in [4.69, 9.17) is 44.5 Å². The predicted molar refractivity (Wildman–Crippen MR) is 227 cm³/mol. The summed E-state index contributed by atoms with van der Waals surface area (Å²) in [5.41, 5.74) is 4.57. The summed E-state index contributed by atoms with van der Waals surface area (Å²) < 4.78 is 62.7. The number of thiophene rings is 1. The van der Waals surface area contributed by atoms with Crippen molar-refractivity contribution in [2.24, 2.45) is 0 Å².